The van der Waals surface area contributed by atoms with Crippen LogP contribution in [0.5, 0.6) is 5.75 Å². The first-order valence-corrected chi connectivity index (χ1v) is 6.54. The van der Waals surface area contributed by atoms with Crippen LogP contribution in [0.3, 0.4) is 0 Å². The maximum atomic E-state index is 13.0. The Morgan fingerprint density at radius 1 is 1.45 bits per heavy atom. The zero-order valence-electron chi connectivity index (χ0n) is 11.7. The van der Waals surface area contributed by atoms with Crippen LogP contribution in [-0.4, -0.2) is 47.1 Å². The highest BCUT2D eigenvalue weighted by Crippen LogP contribution is 2.40. The summed E-state index contributed by atoms with van der Waals surface area (Å²) in [5, 5.41) is 9.06. The summed E-state index contributed by atoms with van der Waals surface area (Å²) in [4.78, 5) is 17.0. The molecule has 0 fully saturated rings. The lowest BCUT2D eigenvalue weighted by Crippen LogP contribution is -2.44. The average Bonchev–Trinajstić information content (AvgIpc) is 2.83. The van der Waals surface area contributed by atoms with Gasteiger partial charge < -0.3 is 19.6 Å². The summed E-state index contributed by atoms with van der Waals surface area (Å²) in [7, 11) is 3.07. The van der Waals surface area contributed by atoms with E-state index in [4.69, 9.17) is 16.3 Å². The molecule has 1 aromatic rings. The van der Waals surface area contributed by atoms with Crippen molar-refractivity contribution in [3.05, 3.63) is 29.8 Å². The van der Waals surface area contributed by atoms with Crippen molar-refractivity contribution >= 4 is 23.4 Å². The molecule has 120 valence electrons. The minimum Gasteiger partial charge on any atom is -0.410 e. The number of nitrogens with zero attached hydrogens (tertiary/aromatic N) is 2. The molecule has 0 saturated carbocycles. The molecule has 0 saturated heterocycles. The van der Waals surface area contributed by atoms with Crippen LogP contribution < -0.4 is 4.74 Å². The number of carbonyl (C=O) groups excluding carboxylic acids is 1. The zero-order chi connectivity index (χ0) is 16.5. The number of oxime groups is 1. The molecule has 6 nitrogen and oxygen atoms in total. The van der Waals surface area contributed by atoms with Crippen LogP contribution >= 0.6 is 11.6 Å². The number of hydrogen-bond acceptors (Lipinski definition) is 5. The van der Waals surface area contributed by atoms with E-state index in [-0.39, 0.29) is 11.5 Å². The van der Waals surface area contributed by atoms with Gasteiger partial charge >= 0.3 is 17.3 Å². The predicted octanol–water partition coefficient (Wildman–Crippen LogP) is 2.39. The molecule has 22 heavy (non-hydrogen) atoms. The van der Waals surface area contributed by atoms with Crippen LogP contribution in [0.4, 0.5) is 13.6 Å². The highest BCUT2D eigenvalue weighted by Gasteiger charge is 2.58. The fourth-order valence-corrected chi connectivity index (χ4v) is 1.74. The van der Waals surface area contributed by atoms with Crippen LogP contribution in [-0.2, 0) is 4.84 Å². The molecule has 0 aliphatic carbocycles. The average molecular weight is 335 g/mol. The van der Waals surface area contributed by atoms with Gasteiger partial charge in [-0.2, -0.15) is 8.78 Å². The molecule has 0 spiro atoms. The van der Waals surface area contributed by atoms with Gasteiger partial charge in [-0.15, -0.1) is 0 Å². The standard InChI is InChI=1S/C13H13ClF2N2O4/c1-18(2)11(19)21-9-5-3-8(4-6-9)10-7-12(20,22-17-10)13(14,15)16/h3-6,20H,7H2,1-2H3. The van der Waals surface area contributed by atoms with E-state index in [1.54, 1.807) is 0 Å². The summed E-state index contributed by atoms with van der Waals surface area (Å²) in [5.41, 5.74) is 0.537. The maximum Gasteiger partial charge on any atom is 0.414 e. The number of halogens is 3. The second kappa shape index (κ2) is 5.69. The summed E-state index contributed by atoms with van der Waals surface area (Å²) in [6.07, 6.45) is -1.12. The smallest absolute Gasteiger partial charge is 0.410 e. The molecule has 1 atom stereocenters. The third kappa shape index (κ3) is 3.28. The number of carbonyl (C=O) groups is 1. The number of aliphatic hydroxyl groups is 1. The van der Waals surface area contributed by atoms with Crippen molar-refractivity contribution in [2.45, 2.75) is 17.6 Å². The second-order valence-corrected chi connectivity index (χ2v) is 5.35. The lowest BCUT2D eigenvalue weighted by Gasteiger charge is -2.23. The molecule has 1 aromatic carbocycles. The number of ether oxygens (including phenoxy) is 1. The van der Waals surface area contributed by atoms with Crippen molar-refractivity contribution in [3.8, 4) is 5.75 Å². The number of rotatable bonds is 3. The number of benzene rings is 1. The Labute approximate surface area is 129 Å². The molecule has 1 aliphatic heterocycles. The second-order valence-electron chi connectivity index (χ2n) is 4.87. The van der Waals surface area contributed by atoms with Crippen LogP contribution in [0.25, 0.3) is 0 Å². The van der Waals surface area contributed by atoms with E-state index >= 15 is 0 Å². The number of alkyl halides is 3. The minimum absolute atomic E-state index is 0.105. The molecule has 2 rings (SSSR count). The summed E-state index contributed by atoms with van der Waals surface area (Å²) < 4.78 is 31.1. The minimum atomic E-state index is -3.97. The molecule has 1 heterocycles. The molecule has 0 aromatic heterocycles. The molecule has 1 amide bonds. The summed E-state index contributed by atoms with van der Waals surface area (Å²) >= 11 is 4.80. The molecule has 1 N–H and O–H groups in total. The zero-order valence-corrected chi connectivity index (χ0v) is 12.5. The lowest BCUT2D eigenvalue weighted by atomic mass is 10.0. The molecule has 1 unspecified atom stereocenters. The molecular formula is C13H13ClF2N2O4. The van der Waals surface area contributed by atoms with E-state index in [0.29, 0.717) is 5.56 Å². The Balaban J connectivity index is 2.08. The molecule has 1 aliphatic rings. The number of hydrogen-bond donors (Lipinski definition) is 1. The van der Waals surface area contributed by atoms with E-state index in [2.05, 4.69) is 9.99 Å². The van der Waals surface area contributed by atoms with Gasteiger partial charge in [-0.05, 0) is 41.4 Å². The molecule has 9 heteroatoms. The fourth-order valence-electron chi connectivity index (χ4n) is 1.64. The monoisotopic (exact) mass is 334 g/mol. The van der Waals surface area contributed by atoms with E-state index < -0.39 is 23.7 Å². The lowest BCUT2D eigenvalue weighted by molar-refractivity contribution is -0.272. The van der Waals surface area contributed by atoms with Gasteiger partial charge in [0.2, 0.25) is 0 Å². The van der Waals surface area contributed by atoms with Crippen molar-refractivity contribution < 1.29 is 28.3 Å². The van der Waals surface area contributed by atoms with E-state index in [1.807, 2.05) is 0 Å². The first-order valence-electron chi connectivity index (χ1n) is 6.16. The van der Waals surface area contributed by atoms with Crippen LogP contribution in [0.2, 0.25) is 0 Å². The van der Waals surface area contributed by atoms with Crippen molar-refractivity contribution in [3.63, 3.8) is 0 Å². The van der Waals surface area contributed by atoms with Crippen LogP contribution in [0, 0.1) is 0 Å². The van der Waals surface area contributed by atoms with Crippen LogP contribution in [0.1, 0.15) is 12.0 Å². The Morgan fingerprint density at radius 3 is 2.50 bits per heavy atom. The first kappa shape index (κ1) is 16.4. The van der Waals surface area contributed by atoms with Crippen molar-refractivity contribution in [2.24, 2.45) is 5.16 Å². The normalized spacial score (nSPS) is 21.1. The summed E-state index contributed by atoms with van der Waals surface area (Å²) in [5.74, 6) is -2.60. The van der Waals surface area contributed by atoms with E-state index in [9.17, 15) is 18.7 Å². The van der Waals surface area contributed by atoms with Gasteiger partial charge in [0.1, 0.15) is 5.75 Å². The van der Waals surface area contributed by atoms with E-state index in [0.717, 1.165) is 0 Å². The number of amides is 1. The fraction of sp³-hybridized carbons (Fsp3) is 0.385. The van der Waals surface area contributed by atoms with Gasteiger partial charge in [0.25, 0.3) is 0 Å². The Bertz CT molecular complexity index is 601. The predicted molar refractivity (Wildman–Crippen MR) is 74.1 cm³/mol. The van der Waals surface area contributed by atoms with Gasteiger partial charge in [-0.25, -0.2) is 4.79 Å². The Hall–Kier alpha value is -1.93. The SMILES string of the molecule is CN(C)C(=O)Oc1ccc(C2=NOC(O)(C(F)(F)Cl)C2)cc1. The van der Waals surface area contributed by atoms with Gasteiger partial charge in [0.15, 0.2) is 0 Å². The Kier molecular flexibility index (Phi) is 4.25. The highest BCUT2D eigenvalue weighted by molar-refractivity contribution is 6.22. The summed E-state index contributed by atoms with van der Waals surface area (Å²) in [6, 6.07) is 5.93. The Morgan fingerprint density at radius 2 is 2.05 bits per heavy atom. The quantitative estimate of drug-likeness (QED) is 0.862. The third-order valence-corrected chi connectivity index (χ3v) is 3.21. The van der Waals surface area contributed by atoms with Crippen molar-refractivity contribution in [1.82, 2.24) is 4.90 Å². The van der Waals surface area contributed by atoms with Gasteiger partial charge in [0.05, 0.1) is 12.1 Å². The third-order valence-electron chi connectivity index (χ3n) is 2.91. The maximum absolute atomic E-state index is 13.0. The first-order chi connectivity index (χ1) is 10.1. The molecule has 0 bridgehead atoms. The highest BCUT2D eigenvalue weighted by atomic mass is 35.5. The topological polar surface area (TPSA) is 71.4 Å². The van der Waals surface area contributed by atoms with Crippen molar-refractivity contribution in [1.29, 1.82) is 0 Å². The molecule has 0 radical (unpaired) electrons. The van der Waals surface area contributed by atoms with Crippen molar-refractivity contribution in [2.75, 3.05) is 14.1 Å². The largest absolute Gasteiger partial charge is 0.414 e. The van der Waals surface area contributed by atoms with Gasteiger partial charge in [-0.1, -0.05) is 5.16 Å². The van der Waals surface area contributed by atoms with Crippen LogP contribution in [0.15, 0.2) is 29.4 Å². The van der Waals surface area contributed by atoms with Gasteiger partial charge in [0, 0.05) is 14.1 Å². The van der Waals surface area contributed by atoms with Gasteiger partial charge in [-0.3, -0.25) is 0 Å². The summed E-state index contributed by atoms with van der Waals surface area (Å²) in [6.45, 7) is 0. The van der Waals surface area contributed by atoms with E-state index in [1.165, 1.54) is 43.3 Å². The molecular weight excluding hydrogens is 322 g/mol.